The fourth-order valence-electron chi connectivity index (χ4n) is 2.14. The van der Waals surface area contributed by atoms with Crippen LogP contribution < -0.4 is 0 Å². The first-order valence-electron chi connectivity index (χ1n) is 6.12. The van der Waals surface area contributed by atoms with Gasteiger partial charge in [-0.25, -0.2) is 0 Å². The number of likely N-dealkylation sites (tertiary alicyclic amines) is 1. The summed E-state index contributed by atoms with van der Waals surface area (Å²) >= 11 is 0. The number of rotatable bonds is 4. The third kappa shape index (κ3) is 4.00. The summed E-state index contributed by atoms with van der Waals surface area (Å²) in [5.74, 6) is 1.000. The van der Waals surface area contributed by atoms with Gasteiger partial charge >= 0.3 is 0 Å². The van der Waals surface area contributed by atoms with Crippen LogP contribution in [0.4, 0.5) is 0 Å². The summed E-state index contributed by atoms with van der Waals surface area (Å²) in [6, 6.07) is 0.758. The molecule has 14 heavy (non-hydrogen) atoms. The van der Waals surface area contributed by atoms with Crippen LogP contribution in [0.15, 0.2) is 0 Å². The number of nitrogens with zero attached hydrogens (tertiary/aromatic N) is 1. The summed E-state index contributed by atoms with van der Waals surface area (Å²) in [5, 5.41) is 0. The normalized spacial score (nSPS) is 20.1. The summed E-state index contributed by atoms with van der Waals surface area (Å²) in [6.45, 7) is 14.3. The predicted octanol–water partition coefficient (Wildman–Crippen LogP) is 3.54. The second-order valence-corrected chi connectivity index (χ2v) is 6.37. The molecule has 0 amide bonds. The second kappa shape index (κ2) is 4.65. The molecule has 1 saturated heterocycles. The highest BCUT2D eigenvalue weighted by Gasteiger charge is 2.27. The summed E-state index contributed by atoms with van der Waals surface area (Å²) in [6.07, 6.45) is 4.24. The van der Waals surface area contributed by atoms with Crippen LogP contribution >= 0.6 is 0 Å². The average Bonchev–Trinajstić information content (AvgIpc) is 1.90. The zero-order valence-electron chi connectivity index (χ0n) is 10.6. The van der Waals surface area contributed by atoms with Gasteiger partial charge in [-0.15, -0.1) is 0 Å². The van der Waals surface area contributed by atoms with E-state index in [0.717, 1.165) is 12.0 Å². The number of hydrogen-bond donors (Lipinski definition) is 0. The van der Waals surface area contributed by atoms with Crippen molar-refractivity contribution in [1.29, 1.82) is 0 Å². The molecule has 84 valence electrons. The molecule has 1 nitrogen and oxygen atoms in total. The Morgan fingerprint density at radius 1 is 1.21 bits per heavy atom. The zero-order chi connectivity index (χ0) is 10.8. The van der Waals surface area contributed by atoms with Crippen LogP contribution in [0, 0.1) is 11.3 Å². The second-order valence-electron chi connectivity index (χ2n) is 6.37. The van der Waals surface area contributed by atoms with Crippen LogP contribution in [0.5, 0.6) is 0 Å². The Hall–Kier alpha value is -0.0400. The van der Waals surface area contributed by atoms with Crippen LogP contribution in [-0.2, 0) is 0 Å². The lowest BCUT2D eigenvalue weighted by Gasteiger charge is -2.42. The molecular weight excluding hydrogens is 170 g/mol. The van der Waals surface area contributed by atoms with E-state index in [1.54, 1.807) is 0 Å². The number of hydrogen-bond acceptors (Lipinski definition) is 1. The molecule has 0 aromatic carbocycles. The van der Waals surface area contributed by atoms with E-state index < -0.39 is 0 Å². The van der Waals surface area contributed by atoms with E-state index >= 15 is 0 Å². The Kier molecular flexibility index (Phi) is 4.00. The highest BCUT2D eigenvalue weighted by atomic mass is 15.2. The maximum atomic E-state index is 2.57. The maximum Gasteiger partial charge on any atom is 0.00388 e. The van der Waals surface area contributed by atoms with Gasteiger partial charge in [-0.2, -0.15) is 0 Å². The minimum Gasteiger partial charge on any atom is -0.300 e. The topological polar surface area (TPSA) is 3.24 Å². The van der Waals surface area contributed by atoms with E-state index in [9.17, 15) is 0 Å². The van der Waals surface area contributed by atoms with Gasteiger partial charge in [0.05, 0.1) is 0 Å². The fraction of sp³-hybridized carbons (Fsp3) is 1.00. The SMILES string of the molecule is CC(C)N1CC(CCCC(C)(C)C)C1. The van der Waals surface area contributed by atoms with Crippen molar-refractivity contribution in [3.05, 3.63) is 0 Å². The van der Waals surface area contributed by atoms with E-state index in [1.807, 2.05) is 0 Å². The van der Waals surface area contributed by atoms with Crippen molar-refractivity contribution in [2.24, 2.45) is 11.3 Å². The highest BCUT2D eigenvalue weighted by Crippen LogP contribution is 2.27. The Morgan fingerprint density at radius 2 is 1.79 bits per heavy atom. The minimum atomic E-state index is 0.529. The van der Waals surface area contributed by atoms with E-state index in [2.05, 4.69) is 39.5 Å². The Labute approximate surface area is 89.9 Å². The lowest BCUT2D eigenvalue weighted by molar-refractivity contribution is 0.0597. The first kappa shape index (κ1) is 12.0. The van der Waals surface area contributed by atoms with Gasteiger partial charge in [0.15, 0.2) is 0 Å². The van der Waals surface area contributed by atoms with Crippen molar-refractivity contribution < 1.29 is 0 Å². The Bertz CT molecular complexity index is 161. The highest BCUT2D eigenvalue weighted by molar-refractivity contribution is 4.82. The van der Waals surface area contributed by atoms with Crippen LogP contribution in [0.1, 0.15) is 53.9 Å². The predicted molar refractivity (Wildman–Crippen MR) is 63.5 cm³/mol. The van der Waals surface area contributed by atoms with E-state index in [0.29, 0.717) is 5.41 Å². The Balaban J connectivity index is 2.01. The van der Waals surface area contributed by atoms with Crippen LogP contribution in [0.25, 0.3) is 0 Å². The molecule has 0 unspecified atom stereocenters. The van der Waals surface area contributed by atoms with Crippen LogP contribution in [0.3, 0.4) is 0 Å². The van der Waals surface area contributed by atoms with Crippen molar-refractivity contribution in [3.8, 4) is 0 Å². The van der Waals surface area contributed by atoms with Gasteiger partial charge < -0.3 is 4.90 Å². The molecule has 0 radical (unpaired) electrons. The molecule has 1 rings (SSSR count). The third-order valence-electron chi connectivity index (χ3n) is 3.25. The van der Waals surface area contributed by atoms with E-state index in [4.69, 9.17) is 0 Å². The molecule has 0 spiro atoms. The molecule has 0 atom stereocenters. The van der Waals surface area contributed by atoms with Gasteiger partial charge in [-0.05, 0) is 38.0 Å². The smallest absolute Gasteiger partial charge is 0.00388 e. The zero-order valence-corrected chi connectivity index (χ0v) is 10.6. The van der Waals surface area contributed by atoms with Crippen LogP contribution in [0.2, 0.25) is 0 Å². The molecular formula is C13H27N. The molecule has 0 saturated carbocycles. The van der Waals surface area contributed by atoms with Crippen LogP contribution in [-0.4, -0.2) is 24.0 Å². The van der Waals surface area contributed by atoms with Crippen molar-refractivity contribution in [2.75, 3.05) is 13.1 Å². The lowest BCUT2D eigenvalue weighted by Crippen LogP contribution is -2.50. The molecule has 0 aromatic heterocycles. The summed E-state index contributed by atoms with van der Waals surface area (Å²) in [5.41, 5.74) is 0.529. The van der Waals surface area contributed by atoms with E-state index in [-0.39, 0.29) is 0 Å². The quantitative estimate of drug-likeness (QED) is 0.666. The van der Waals surface area contributed by atoms with E-state index in [1.165, 1.54) is 32.4 Å². The van der Waals surface area contributed by atoms with Crippen molar-refractivity contribution in [2.45, 2.75) is 59.9 Å². The molecule has 1 heterocycles. The fourth-order valence-corrected chi connectivity index (χ4v) is 2.14. The van der Waals surface area contributed by atoms with Crippen molar-refractivity contribution in [3.63, 3.8) is 0 Å². The van der Waals surface area contributed by atoms with Gasteiger partial charge in [0.25, 0.3) is 0 Å². The monoisotopic (exact) mass is 197 g/mol. The van der Waals surface area contributed by atoms with Crippen molar-refractivity contribution in [1.82, 2.24) is 4.90 Å². The van der Waals surface area contributed by atoms with Gasteiger partial charge in [-0.1, -0.05) is 27.2 Å². The average molecular weight is 197 g/mol. The maximum absolute atomic E-state index is 2.57. The minimum absolute atomic E-state index is 0.529. The van der Waals surface area contributed by atoms with Crippen molar-refractivity contribution >= 4 is 0 Å². The van der Waals surface area contributed by atoms with Gasteiger partial charge in [0.1, 0.15) is 0 Å². The van der Waals surface area contributed by atoms with Gasteiger partial charge in [0, 0.05) is 19.1 Å². The largest absolute Gasteiger partial charge is 0.300 e. The third-order valence-corrected chi connectivity index (χ3v) is 3.25. The lowest BCUT2D eigenvalue weighted by atomic mass is 9.85. The molecule has 0 aliphatic carbocycles. The standard InChI is InChI=1S/C13H27N/c1-11(2)14-9-12(10-14)7-6-8-13(3,4)5/h11-12H,6-10H2,1-5H3. The molecule has 0 N–H and O–H groups in total. The Morgan fingerprint density at radius 3 is 2.21 bits per heavy atom. The van der Waals surface area contributed by atoms with Gasteiger partial charge in [0.2, 0.25) is 0 Å². The molecule has 1 heteroatoms. The molecule has 1 fully saturated rings. The first-order valence-corrected chi connectivity index (χ1v) is 6.12. The summed E-state index contributed by atoms with van der Waals surface area (Å²) < 4.78 is 0. The summed E-state index contributed by atoms with van der Waals surface area (Å²) in [7, 11) is 0. The summed E-state index contributed by atoms with van der Waals surface area (Å²) in [4.78, 5) is 2.57. The molecule has 0 aromatic rings. The molecule has 0 bridgehead atoms. The first-order chi connectivity index (χ1) is 6.38. The molecule has 1 aliphatic heterocycles. The molecule has 1 aliphatic rings. The van der Waals surface area contributed by atoms with Gasteiger partial charge in [-0.3, -0.25) is 0 Å².